The van der Waals surface area contributed by atoms with Gasteiger partial charge in [0.2, 0.25) is 18.2 Å². The number of carbonyl (C=O) groups excluding carboxylic acids is 6. The van der Waals surface area contributed by atoms with Crippen molar-refractivity contribution in [2.24, 2.45) is 0 Å². The second kappa shape index (κ2) is 33.2. The predicted octanol–water partition coefficient (Wildman–Crippen LogP) is 4.88. The number of pyridine rings is 2. The Balaban J connectivity index is 0.00000111. The van der Waals surface area contributed by atoms with Crippen molar-refractivity contribution in [3.8, 4) is 0 Å². The minimum Gasteiger partial charge on any atom is -0.359 e. The summed E-state index contributed by atoms with van der Waals surface area (Å²) in [6.45, 7) is 5.67. The van der Waals surface area contributed by atoms with Gasteiger partial charge in [0.15, 0.2) is 0 Å². The third-order valence-electron chi connectivity index (χ3n) is 5.69. The lowest BCUT2D eigenvalue weighted by Crippen LogP contribution is -2.32. The Bertz CT molecular complexity index is 1170. The molecule has 0 fully saturated rings. The molecule has 2 aromatic rings. The van der Waals surface area contributed by atoms with Gasteiger partial charge in [0.05, 0.1) is 0 Å². The molecule has 272 valence electrons. The Morgan fingerprint density at radius 2 is 1.49 bits per heavy atom. The van der Waals surface area contributed by atoms with E-state index in [1.807, 2.05) is 50.2 Å². The van der Waals surface area contributed by atoms with Crippen LogP contribution in [0.3, 0.4) is 0 Å². The Kier molecular flexibility index (Phi) is 31.0. The smallest absolute Gasteiger partial charge is 0.320 e. The summed E-state index contributed by atoms with van der Waals surface area (Å²) in [7, 11) is 7.78. The van der Waals surface area contributed by atoms with Crippen LogP contribution in [0.1, 0.15) is 65.2 Å². The van der Waals surface area contributed by atoms with E-state index in [0.717, 1.165) is 58.8 Å². The van der Waals surface area contributed by atoms with Crippen LogP contribution in [0.25, 0.3) is 0 Å². The fourth-order valence-corrected chi connectivity index (χ4v) is 6.98. The van der Waals surface area contributed by atoms with Gasteiger partial charge in [-0.25, -0.2) is 9.97 Å². The Hall–Kier alpha value is -3.28. The molecule has 2 aromatic heterocycles. The zero-order valence-corrected chi connectivity index (χ0v) is 31.5. The molecule has 0 aliphatic heterocycles. The van der Waals surface area contributed by atoms with Crippen molar-refractivity contribution < 1.29 is 33.6 Å². The van der Waals surface area contributed by atoms with Gasteiger partial charge in [0.1, 0.15) is 16.3 Å². The minimum atomic E-state index is -0.399. The number of carbonyl (C=O) groups is 6. The number of aromatic nitrogens is 2. The molecule has 0 aromatic carbocycles. The van der Waals surface area contributed by atoms with Crippen molar-refractivity contribution in [2.45, 2.75) is 81.3 Å². The highest BCUT2D eigenvalue weighted by molar-refractivity contribution is 8.77. The van der Waals surface area contributed by atoms with Gasteiger partial charge < -0.3 is 25.6 Å². The second-order valence-electron chi connectivity index (χ2n) is 9.83. The maximum absolute atomic E-state index is 12.0. The summed E-state index contributed by atoms with van der Waals surface area (Å²) in [5, 5.41) is 11.2. The maximum atomic E-state index is 12.0. The summed E-state index contributed by atoms with van der Waals surface area (Å²) in [4.78, 5) is 76.4. The quantitative estimate of drug-likeness (QED) is 0.0572. The van der Waals surface area contributed by atoms with Gasteiger partial charge in [0.25, 0.3) is 5.91 Å². The van der Waals surface area contributed by atoms with E-state index in [1.54, 1.807) is 55.6 Å². The van der Waals surface area contributed by atoms with Crippen LogP contribution in [-0.2, 0) is 33.6 Å². The molecule has 17 heteroatoms. The summed E-state index contributed by atoms with van der Waals surface area (Å²) in [5.41, 5.74) is 0. The molecule has 0 radical (unpaired) electrons. The van der Waals surface area contributed by atoms with Gasteiger partial charge in [-0.15, -0.1) is 0 Å². The number of amides is 4. The third-order valence-corrected chi connectivity index (χ3v) is 10.2. The molecule has 0 bridgehead atoms. The van der Waals surface area contributed by atoms with Gasteiger partial charge >= 0.3 is 6.47 Å². The molecule has 0 saturated carbocycles. The number of rotatable bonds is 24. The molecule has 0 aliphatic carbocycles. The van der Waals surface area contributed by atoms with Gasteiger partial charge in [-0.2, -0.15) is 5.06 Å². The fourth-order valence-electron chi connectivity index (χ4n) is 3.24. The molecular formula is C32H48N6O7S4. The molecular weight excluding hydrogens is 709 g/mol. The normalized spacial score (nSPS) is 10.4. The van der Waals surface area contributed by atoms with Crippen molar-refractivity contribution in [3.05, 3.63) is 48.8 Å². The lowest BCUT2D eigenvalue weighted by atomic mass is 10.1. The first-order valence-corrected chi connectivity index (χ1v) is 20.4. The first-order chi connectivity index (χ1) is 23.8. The van der Waals surface area contributed by atoms with E-state index in [9.17, 15) is 28.8 Å². The highest BCUT2D eigenvalue weighted by atomic mass is 33.1. The van der Waals surface area contributed by atoms with Gasteiger partial charge in [-0.1, -0.05) is 40.6 Å². The molecule has 4 amide bonds. The average molecular weight is 757 g/mol. The van der Waals surface area contributed by atoms with E-state index in [0.29, 0.717) is 32.1 Å². The molecule has 1 atom stereocenters. The molecule has 0 spiro atoms. The number of aldehydes is 1. The molecule has 49 heavy (non-hydrogen) atoms. The lowest BCUT2D eigenvalue weighted by Gasteiger charge is -2.14. The molecule has 0 aliphatic rings. The van der Waals surface area contributed by atoms with E-state index < -0.39 is 5.91 Å². The topological polar surface area (TPSA) is 177 Å². The summed E-state index contributed by atoms with van der Waals surface area (Å²) in [6.07, 6.45) is 9.91. The number of nitrogens with one attached hydrogen (secondary N) is 3. The maximum Gasteiger partial charge on any atom is 0.320 e. The zero-order valence-electron chi connectivity index (χ0n) is 28.2. The van der Waals surface area contributed by atoms with E-state index in [4.69, 9.17) is 0 Å². The second-order valence-corrected chi connectivity index (χ2v) is 14.7. The first-order valence-electron chi connectivity index (χ1n) is 15.7. The van der Waals surface area contributed by atoms with Crippen LogP contribution >= 0.6 is 43.2 Å². The van der Waals surface area contributed by atoms with Crippen molar-refractivity contribution in [1.82, 2.24) is 31.0 Å². The van der Waals surface area contributed by atoms with Crippen molar-refractivity contribution in [1.29, 1.82) is 0 Å². The highest BCUT2D eigenvalue weighted by Gasteiger charge is 2.09. The average Bonchev–Trinajstić information content (AvgIpc) is 3.11. The van der Waals surface area contributed by atoms with E-state index in [1.165, 1.54) is 7.05 Å². The Labute approximate surface area is 305 Å². The number of nitrogens with zero attached hydrogens (tertiary/aromatic N) is 3. The van der Waals surface area contributed by atoms with Gasteiger partial charge in [0, 0.05) is 75.8 Å². The fraction of sp³-hybridized carbons (Fsp3) is 0.500. The number of hydroxylamine groups is 2. The molecule has 13 nitrogen and oxygen atoms in total. The van der Waals surface area contributed by atoms with Crippen LogP contribution in [0.5, 0.6) is 0 Å². The number of hydrogen-bond acceptors (Lipinski definition) is 13. The van der Waals surface area contributed by atoms with Crippen LogP contribution in [0.4, 0.5) is 0 Å². The van der Waals surface area contributed by atoms with Crippen LogP contribution in [0.15, 0.2) is 58.8 Å². The molecule has 0 saturated heterocycles. The standard InChI is InChI=1S/C22H30N4O2S4.C6H9NO4.C4H9NO/c1-18(26-20(28)12-17-30-32-22-10-4-7-15-25-22)8-2-5-13-23-19(27)11-16-29-31-21-9-3-6-14-24-21;1-7(11-5-9)6(10)3-2-4-8;1-2-3-5-4-6/h3-4,6-7,9-10,14-15,18H,2,5,8,11-13,16-17H2,1H3,(H,23,27)(H,26,28);4-5H,2-3H2,1H3;4H,2-3H2,1H3,(H,5,6). The van der Waals surface area contributed by atoms with Crippen molar-refractivity contribution in [3.63, 3.8) is 0 Å². The van der Waals surface area contributed by atoms with Crippen molar-refractivity contribution >= 4 is 80.1 Å². The minimum absolute atomic E-state index is 0.0633. The molecule has 2 rings (SSSR count). The third kappa shape index (κ3) is 29.4. The van der Waals surface area contributed by atoms with Crippen LogP contribution < -0.4 is 16.0 Å². The van der Waals surface area contributed by atoms with Gasteiger partial charge in [-0.3, -0.25) is 24.0 Å². The van der Waals surface area contributed by atoms with Crippen LogP contribution in [0, 0.1) is 0 Å². The highest BCUT2D eigenvalue weighted by Crippen LogP contribution is 2.30. The number of unbranched alkanes of at least 4 members (excludes halogenated alkanes) is 1. The van der Waals surface area contributed by atoms with Crippen molar-refractivity contribution in [2.75, 3.05) is 31.6 Å². The SMILES string of the molecule is CC(CCCCNC(=O)CCSSc1ccccn1)NC(=O)CCSSc1ccccn1.CCCNC=O.CN(OC=O)C(=O)CCC=O. The summed E-state index contributed by atoms with van der Waals surface area (Å²) < 4.78 is 0. The van der Waals surface area contributed by atoms with E-state index in [-0.39, 0.29) is 37.2 Å². The van der Waals surface area contributed by atoms with Crippen LogP contribution in [-0.4, -0.2) is 89.6 Å². The summed E-state index contributed by atoms with van der Waals surface area (Å²) in [5.74, 6) is 1.28. The molecule has 2 heterocycles. The lowest BCUT2D eigenvalue weighted by molar-refractivity contribution is -0.181. The van der Waals surface area contributed by atoms with E-state index in [2.05, 4.69) is 30.8 Å². The first kappa shape index (κ1) is 45.7. The predicted molar refractivity (Wildman–Crippen MR) is 198 cm³/mol. The monoisotopic (exact) mass is 756 g/mol. The van der Waals surface area contributed by atoms with Gasteiger partial charge in [-0.05, 0) is 78.5 Å². The number of hydrogen-bond donors (Lipinski definition) is 3. The zero-order chi connectivity index (χ0) is 36.4. The Morgan fingerprint density at radius 3 is 1.98 bits per heavy atom. The summed E-state index contributed by atoms with van der Waals surface area (Å²) >= 11 is 0. The largest absolute Gasteiger partial charge is 0.359 e. The van der Waals surface area contributed by atoms with Crippen LogP contribution in [0.2, 0.25) is 0 Å². The molecule has 1 unspecified atom stereocenters. The molecule has 3 N–H and O–H groups in total. The van der Waals surface area contributed by atoms with E-state index >= 15 is 0 Å². The summed E-state index contributed by atoms with van der Waals surface area (Å²) in [6, 6.07) is 11.8. The Morgan fingerprint density at radius 1 is 0.878 bits per heavy atom.